The van der Waals surface area contributed by atoms with Crippen LogP contribution in [0.2, 0.25) is 0 Å². The molecule has 0 amide bonds. The molecule has 0 unspecified atom stereocenters. The van der Waals surface area contributed by atoms with E-state index in [1.165, 1.54) is 11.3 Å². The zero-order valence-electron chi connectivity index (χ0n) is 11.0. The number of rotatable bonds is 4. The number of amidine groups is 1. The SMILES string of the molecule is CCCCn1c2c(cc(C(=N)N)c1=O)CCCC2. The zero-order chi connectivity index (χ0) is 13.1. The summed E-state index contributed by atoms with van der Waals surface area (Å²) in [6.45, 7) is 2.87. The lowest BCUT2D eigenvalue weighted by Gasteiger charge is -2.22. The number of aromatic nitrogens is 1. The van der Waals surface area contributed by atoms with Crippen LogP contribution < -0.4 is 11.3 Å². The molecule has 1 aliphatic rings. The van der Waals surface area contributed by atoms with E-state index in [4.69, 9.17) is 11.1 Å². The van der Waals surface area contributed by atoms with Gasteiger partial charge >= 0.3 is 0 Å². The van der Waals surface area contributed by atoms with Crippen LogP contribution in [0.1, 0.15) is 49.4 Å². The van der Waals surface area contributed by atoms with Crippen molar-refractivity contribution >= 4 is 5.84 Å². The smallest absolute Gasteiger partial charge is 0.261 e. The maximum Gasteiger partial charge on any atom is 0.261 e. The number of hydrogen-bond donors (Lipinski definition) is 2. The lowest BCUT2D eigenvalue weighted by Crippen LogP contribution is -2.33. The molecular formula is C14H21N3O. The predicted molar refractivity (Wildman–Crippen MR) is 73.3 cm³/mol. The van der Waals surface area contributed by atoms with Crippen molar-refractivity contribution in [3.8, 4) is 0 Å². The normalized spacial score (nSPS) is 14.3. The number of aryl methyl sites for hydroxylation is 1. The Hall–Kier alpha value is -1.58. The molecule has 1 aromatic rings. The van der Waals surface area contributed by atoms with Crippen LogP contribution >= 0.6 is 0 Å². The van der Waals surface area contributed by atoms with Gasteiger partial charge in [-0.05, 0) is 43.7 Å². The van der Waals surface area contributed by atoms with Crippen molar-refractivity contribution < 1.29 is 0 Å². The van der Waals surface area contributed by atoms with Gasteiger partial charge in [-0.3, -0.25) is 10.2 Å². The third-order valence-corrected chi connectivity index (χ3v) is 3.63. The number of nitrogens with zero attached hydrogens (tertiary/aromatic N) is 1. The van der Waals surface area contributed by atoms with E-state index in [1.54, 1.807) is 0 Å². The third-order valence-electron chi connectivity index (χ3n) is 3.63. The molecule has 0 bridgehead atoms. The maximum absolute atomic E-state index is 12.3. The minimum atomic E-state index is -0.112. The average Bonchev–Trinajstić information content (AvgIpc) is 2.37. The van der Waals surface area contributed by atoms with E-state index < -0.39 is 0 Å². The fourth-order valence-electron chi connectivity index (χ4n) is 2.63. The fourth-order valence-corrected chi connectivity index (χ4v) is 2.63. The number of nitrogens with one attached hydrogen (secondary N) is 1. The number of pyridine rings is 1. The molecule has 0 fully saturated rings. The van der Waals surface area contributed by atoms with E-state index >= 15 is 0 Å². The Morgan fingerprint density at radius 1 is 1.44 bits per heavy atom. The van der Waals surface area contributed by atoms with Crippen LogP contribution in [-0.4, -0.2) is 10.4 Å². The summed E-state index contributed by atoms with van der Waals surface area (Å²) in [5.74, 6) is -0.112. The predicted octanol–water partition coefficient (Wildman–Crippen LogP) is 1.81. The van der Waals surface area contributed by atoms with Gasteiger partial charge in [0.05, 0.1) is 5.56 Å². The van der Waals surface area contributed by atoms with Crippen molar-refractivity contribution in [1.29, 1.82) is 5.41 Å². The lowest BCUT2D eigenvalue weighted by atomic mass is 9.94. The number of fused-ring (bicyclic) bond motifs is 1. The van der Waals surface area contributed by atoms with Gasteiger partial charge in [-0.2, -0.15) is 0 Å². The summed E-state index contributed by atoms with van der Waals surface area (Å²) in [7, 11) is 0. The summed E-state index contributed by atoms with van der Waals surface area (Å²) in [6.07, 6.45) is 6.35. The van der Waals surface area contributed by atoms with E-state index in [2.05, 4.69) is 6.92 Å². The van der Waals surface area contributed by atoms with Gasteiger partial charge in [-0.25, -0.2) is 0 Å². The fraction of sp³-hybridized carbons (Fsp3) is 0.571. The van der Waals surface area contributed by atoms with Gasteiger partial charge in [0.25, 0.3) is 5.56 Å². The van der Waals surface area contributed by atoms with Gasteiger partial charge in [0.15, 0.2) is 0 Å². The Balaban J connectivity index is 2.55. The second-order valence-electron chi connectivity index (χ2n) is 4.96. The molecule has 2 rings (SSSR count). The number of nitrogens with two attached hydrogens (primary N) is 1. The second kappa shape index (κ2) is 5.38. The van der Waals surface area contributed by atoms with Crippen LogP contribution in [0.4, 0.5) is 0 Å². The topological polar surface area (TPSA) is 71.9 Å². The van der Waals surface area contributed by atoms with Gasteiger partial charge in [-0.1, -0.05) is 13.3 Å². The van der Waals surface area contributed by atoms with Gasteiger partial charge in [0.2, 0.25) is 0 Å². The van der Waals surface area contributed by atoms with Crippen LogP contribution in [0.5, 0.6) is 0 Å². The molecule has 1 heterocycles. The van der Waals surface area contributed by atoms with Crippen LogP contribution in [0, 0.1) is 5.41 Å². The van der Waals surface area contributed by atoms with Crippen LogP contribution in [0.15, 0.2) is 10.9 Å². The molecule has 0 atom stereocenters. The molecule has 0 saturated heterocycles. The van der Waals surface area contributed by atoms with Crippen molar-refractivity contribution in [2.45, 2.75) is 52.0 Å². The highest BCUT2D eigenvalue weighted by Crippen LogP contribution is 2.21. The molecule has 18 heavy (non-hydrogen) atoms. The molecule has 0 aromatic carbocycles. The van der Waals surface area contributed by atoms with Gasteiger partial charge < -0.3 is 10.3 Å². The summed E-state index contributed by atoms with van der Waals surface area (Å²) >= 11 is 0. The zero-order valence-corrected chi connectivity index (χ0v) is 11.0. The van der Waals surface area contributed by atoms with E-state index in [1.807, 2.05) is 10.6 Å². The minimum absolute atomic E-state index is 0.0865. The molecule has 0 saturated carbocycles. The van der Waals surface area contributed by atoms with Crippen LogP contribution in [0.3, 0.4) is 0 Å². The van der Waals surface area contributed by atoms with Crippen molar-refractivity contribution in [3.05, 3.63) is 33.2 Å². The van der Waals surface area contributed by atoms with E-state index in [0.29, 0.717) is 5.56 Å². The number of hydrogen-bond acceptors (Lipinski definition) is 2. The standard InChI is InChI=1S/C14H21N3O/c1-2-3-8-17-12-7-5-4-6-10(12)9-11(13(15)16)14(17)18/h9H,2-8H2,1H3,(H3,15,16). The first-order valence-electron chi connectivity index (χ1n) is 6.75. The molecule has 1 aromatic heterocycles. The second-order valence-corrected chi connectivity index (χ2v) is 4.96. The summed E-state index contributed by atoms with van der Waals surface area (Å²) in [5.41, 5.74) is 8.18. The Bertz CT molecular complexity index is 517. The van der Waals surface area contributed by atoms with E-state index in [0.717, 1.165) is 45.1 Å². The van der Waals surface area contributed by atoms with Gasteiger partial charge in [-0.15, -0.1) is 0 Å². The molecule has 4 heteroatoms. The molecular weight excluding hydrogens is 226 g/mol. The quantitative estimate of drug-likeness (QED) is 0.629. The first-order chi connectivity index (χ1) is 8.65. The molecule has 1 aliphatic carbocycles. The molecule has 3 N–H and O–H groups in total. The highest BCUT2D eigenvalue weighted by Gasteiger charge is 2.18. The summed E-state index contributed by atoms with van der Waals surface area (Å²) in [5, 5.41) is 7.53. The maximum atomic E-state index is 12.3. The van der Waals surface area contributed by atoms with Gasteiger partial charge in [0, 0.05) is 12.2 Å². The van der Waals surface area contributed by atoms with Crippen molar-refractivity contribution in [3.63, 3.8) is 0 Å². The van der Waals surface area contributed by atoms with Gasteiger partial charge in [0.1, 0.15) is 5.84 Å². The molecule has 0 spiro atoms. The van der Waals surface area contributed by atoms with Crippen molar-refractivity contribution in [1.82, 2.24) is 4.57 Å². The Morgan fingerprint density at radius 2 is 2.17 bits per heavy atom. The Kier molecular flexibility index (Phi) is 3.84. The Morgan fingerprint density at radius 3 is 2.83 bits per heavy atom. The minimum Gasteiger partial charge on any atom is -0.384 e. The van der Waals surface area contributed by atoms with E-state index in [-0.39, 0.29) is 11.4 Å². The van der Waals surface area contributed by atoms with Crippen LogP contribution in [-0.2, 0) is 19.4 Å². The monoisotopic (exact) mass is 247 g/mol. The number of unbranched alkanes of at least 4 members (excludes halogenated alkanes) is 1. The summed E-state index contributed by atoms with van der Waals surface area (Å²) < 4.78 is 1.86. The first kappa shape index (κ1) is 12.9. The molecule has 4 nitrogen and oxygen atoms in total. The molecule has 98 valence electrons. The molecule has 0 aliphatic heterocycles. The largest absolute Gasteiger partial charge is 0.384 e. The highest BCUT2D eigenvalue weighted by atomic mass is 16.1. The highest BCUT2D eigenvalue weighted by molar-refractivity contribution is 5.94. The van der Waals surface area contributed by atoms with Crippen molar-refractivity contribution in [2.75, 3.05) is 0 Å². The average molecular weight is 247 g/mol. The third kappa shape index (κ3) is 2.33. The first-order valence-corrected chi connectivity index (χ1v) is 6.75. The van der Waals surface area contributed by atoms with Crippen molar-refractivity contribution in [2.24, 2.45) is 5.73 Å². The molecule has 0 radical (unpaired) electrons. The number of nitrogen functional groups attached to an aromatic ring is 1. The van der Waals surface area contributed by atoms with Crippen LogP contribution in [0.25, 0.3) is 0 Å². The van der Waals surface area contributed by atoms with E-state index in [9.17, 15) is 4.79 Å². The summed E-state index contributed by atoms with van der Waals surface area (Å²) in [4.78, 5) is 12.3. The summed E-state index contributed by atoms with van der Waals surface area (Å²) in [6, 6.07) is 1.83. The Labute approximate surface area is 107 Å². The lowest BCUT2D eigenvalue weighted by molar-refractivity contribution is 0.548.